The van der Waals surface area contributed by atoms with Gasteiger partial charge in [-0.05, 0) is 31.5 Å². The zero-order chi connectivity index (χ0) is 17.8. The fourth-order valence-corrected chi connectivity index (χ4v) is 1.91. The second-order valence-corrected chi connectivity index (χ2v) is 4.68. The number of methoxy groups -OCH3 is 1. The smallest absolute Gasteiger partial charge is 0.387 e. The van der Waals surface area contributed by atoms with E-state index in [-0.39, 0.29) is 35.5 Å². The van der Waals surface area contributed by atoms with Crippen LogP contribution in [0.4, 0.5) is 8.78 Å². The highest BCUT2D eigenvalue weighted by Gasteiger charge is 2.11. The summed E-state index contributed by atoms with van der Waals surface area (Å²) in [6, 6.07) is 4.83. The molecule has 2 N–H and O–H groups in total. The molecule has 0 atom stereocenters. The van der Waals surface area contributed by atoms with Crippen molar-refractivity contribution in [2.75, 3.05) is 33.4 Å². The standard InChI is InChI=1S/C16H25F2N3O3.HI/c1-4-19-16(20-8-9-23-5-2)21-11-12-6-7-13(22-3)14(10-12)24-15(17)18;/h6-7,10,15H,4-5,8-9,11H2,1-3H3,(H2,19,20,21);1H. The second kappa shape index (κ2) is 13.9. The SMILES string of the molecule is CCNC(=NCc1ccc(OC)c(OC(F)F)c1)NCCOCC.I. The summed E-state index contributed by atoms with van der Waals surface area (Å²) >= 11 is 0. The lowest BCUT2D eigenvalue weighted by Gasteiger charge is -2.13. The van der Waals surface area contributed by atoms with E-state index in [1.54, 1.807) is 12.1 Å². The third-order valence-electron chi connectivity index (χ3n) is 2.95. The van der Waals surface area contributed by atoms with Crippen molar-refractivity contribution in [1.29, 1.82) is 0 Å². The lowest BCUT2D eigenvalue weighted by Crippen LogP contribution is -2.39. The van der Waals surface area contributed by atoms with E-state index in [1.165, 1.54) is 13.2 Å². The minimum absolute atomic E-state index is 0. The Kier molecular flexibility index (Phi) is 13.1. The van der Waals surface area contributed by atoms with Gasteiger partial charge in [0, 0.05) is 19.7 Å². The molecule has 0 aliphatic heterocycles. The van der Waals surface area contributed by atoms with E-state index in [0.717, 1.165) is 5.56 Å². The summed E-state index contributed by atoms with van der Waals surface area (Å²) in [5.41, 5.74) is 0.730. The maximum Gasteiger partial charge on any atom is 0.387 e. The minimum atomic E-state index is -2.91. The van der Waals surface area contributed by atoms with Gasteiger partial charge in [-0.25, -0.2) is 4.99 Å². The molecular formula is C16H26F2IN3O3. The predicted molar refractivity (Wildman–Crippen MR) is 104 cm³/mol. The molecule has 1 rings (SSSR count). The minimum Gasteiger partial charge on any atom is -0.493 e. The molecule has 1 aromatic rings. The molecule has 1 aromatic carbocycles. The molecule has 25 heavy (non-hydrogen) atoms. The molecule has 144 valence electrons. The number of hydrogen-bond acceptors (Lipinski definition) is 4. The third-order valence-corrected chi connectivity index (χ3v) is 2.95. The van der Waals surface area contributed by atoms with Crippen LogP contribution in [0.5, 0.6) is 11.5 Å². The van der Waals surface area contributed by atoms with Crippen molar-refractivity contribution >= 4 is 29.9 Å². The van der Waals surface area contributed by atoms with Crippen LogP contribution in [-0.4, -0.2) is 46.0 Å². The van der Waals surface area contributed by atoms with Crippen LogP contribution in [0.3, 0.4) is 0 Å². The zero-order valence-electron chi connectivity index (χ0n) is 14.7. The number of aliphatic imine (C=N–C) groups is 1. The van der Waals surface area contributed by atoms with Crippen molar-refractivity contribution in [1.82, 2.24) is 10.6 Å². The van der Waals surface area contributed by atoms with E-state index in [2.05, 4.69) is 20.4 Å². The Bertz CT molecular complexity index is 519. The molecular weight excluding hydrogens is 447 g/mol. The first-order valence-corrected chi connectivity index (χ1v) is 7.82. The first-order valence-electron chi connectivity index (χ1n) is 7.82. The highest BCUT2D eigenvalue weighted by atomic mass is 127. The molecule has 6 nitrogen and oxygen atoms in total. The summed E-state index contributed by atoms with van der Waals surface area (Å²) < 4.78 is 39.6. The molecule has 9 heteroatoms. The molecule has 0 spiro atoms. The van der Waals surface area contributed by atoms with Crippen LogP contribution in [-0.2, 0) is 11.3 Å². The summed E-state index contributed by atoms with van der Waals surface area (Å²) in [7, 11) is 1.40. The largest absolute Gasteiger partial charge is 0.493 e. The number of nitrogens with one attached hydrogen (secondary N) is 2. The number of benzene rings is 1. The molecule has 0 fully saturated rings. The topological polar surface area (TPSA) is 64.1 Å². The predicted octanol–water partition coefficient (Wildman–Crippen LogP) is 3.01. The molecule has 0 radical (unpaired) electrons. The number of hydrogen-bond donors (Lipinski definition) is 2. The van der Waals surface area contributed by atoms with Crippen molar-refractivity contribution < 1.29 is 23.0 Å². The van der Waals surface area contributed by atoms with Crippen molar-refractivity contribution in [3.05, 3.63) is 23.8 Å². The molecule has 0 unspecified atom stereocenters. The molecule has 0 bridgehead atoms. The Balaban J connectivity index is 0.00000576. The van der Waals surface area contributed by atoms with Gasteiger partial charge >= 0.3 is 6.61 Å². The highest BCUT2D eigenvalue weighted by Crippen LogP contribution is 2.29. The molecule has 0 aromatic heterocycles. The zero-order valence-corrected chi connectivity index (χ0v) is 17.0. The fourth-order valence-electron chi connectivity index (χ4n) is 1.91. The van der Waals surface area contributed by atoms with Crippen LogP contribution in [0, 0.1) is 0 Å². The Hall–Kier alpha value is -1.36. The van der Waals surface area contributed by atoms with Gasteiger partial charge in [0.2, 0.25) is 0 Å². The van der Waals surface area contributed by atoms with Gasteiger partial charge in [-0.2, -0.15) is 8.78 Å². The van der Waals surface area contributed by atoms with E-state index in [1.807, 2.05) is 13.8 Å². The van der Waals surface area contributed by atoms with Gasteiger partial charge in [0.25, 0.3) is 0 Å². The molecule has 0 aliphatic carbocycles. The van der Waals surface area contributed by atoms with Crippen LogP contribution in [0.25, 0.3) is 0 Å². The highest BCUT2D eigenvalue weighted by molar-refractivity contribution is 14.0. The van der Waals surface area contributed by atoms with Crippen LogP contribution in [0.2, 0.25) is 0 Å². The number of halogens is 3. The maximum atomic E-state index is 12.4. The van der Waals surface area contributed by atoms with Crippen molar-refractivity contribution in [3.63, 3.8) is 0 Å². The molecule has 0 saturated heterocycles. The molecule has 0 aliphatic rings. The molecule has 0 amide bonds. The fraction of sp³-hybridized carbons (Fsp3) is 0.562. The Morgan fingerprint density at radius 3 is 2.56 bits per heavy atom. The summed E-state index contributed by atoms with van der Waals surface area (Å²) in [6.45, 7) is 3.88. The second-order valence-electron chi connectivity index (χ2n) is 4.68. The lowest BCUT2D eigenvalue weighted by atomic mass is 10.2. The number of rotatable bonds is 10. The van der Waals surface area contributed by atoms with Gasteiger partial charge in [-0.3, -0.25) is 0 Å². The number of guanidine groups is 1. The average molecular weight is 473 g/mol. The number of ether oxygens (including phenoxy) is 3. The summed E-state index contributed by atoms with van der Waals surface area (Å²) in [5, 5.41) is 6.24. The Morgan fingerprint density at radius 1 is 1.20 bits per heavy atom. The van der Waals surface area contributed by atoms with Crippen LogP contribution < -0.4 is 20.1 Å². The number of nitrogens with zero attached hydrogens (tertiary/aromatic N) is 1. The van der Waals surface area contributed by atoms with Crippen molar-refractivity contribution in [2.45, 2.75) is 27.0 Å². The van der Waals surface area contributed by atoms with Gasteiger partial charge in [0.1, 0.15) is 0 Å². The van der Waals surface area contributed by atoms with E-state index < -0.39 is 6.61 Å². The average Bonchev–Trinajstić information content (AvgIpc) is 2.56. The number of alkyl halides is 2. The molecule has 0 heterocycles. The maximum absolute atomic E-state index is 12.4. The van der Waals surface area contributed by atoms with Crippen molar-refractivity contribution in [3.8, 4) is 11.5 Å². The first kappa shape index (κ1) is 23.6. The van der Waals surface area contributed by atoms with Crippen molar-refractivity contribution in [2.24, 2.45) is 4.99 Å². The lowest BCUT2D eigenvalue weighted by molar-refractivity contribution is -0.0512. The summed E-state index contributed by atoms with van der Waals surface area (Å²) in [5.74, 6) is 0.878. The van der Waals surface area contributed by atoms with Gasteiger partial charge in [0.15, 0.2) is 17.5 Å². The monoisotopic (exact) mass is 473 g/mol. The van der Waals surface area contributed by atoms with Gasteiger partial charge in [0.05, 0.1) is 20.3 Å². The van der Waals surface area contributed by atoms with Crippen LogP contribution in [0.1, 0.15) is 19.4 Å². The summed E-state index contributed by atoms with van der Waals surface area (Å²) in [6.07, 6.45) is 0. The third kappa shape index (κ3) is 9.63. The molecule has 0 saturated carbocycles. The Morgan fingerprint density at radius 2 is 1.96 bits per heavy atom. The van der Waals surface area contributed by atoms with Gasteiger partial charge < -0.3 is 24.8 Å². The van der Waals surface area contributed by atoms with Crippen LogP contribution >= 0.6 is 24.0 Å². The Labute approximate surface area is 164 Å². The van der Waals surface area contributed by atoms with E-state index >= 15 is 0 Å². The normalized spacial score (nSPS) is 11.0. The van der Waals surface area contributed by atoms with Gasteiger partial charge in [-0.15, -0.1) is 24.0 Å². The van der Waals surface area contributed by atoms with Gasteiger partial charge in [-0.1, -0.05) is 6.07 Å². The van der Waals surface area contributed by atoms with E-state index in [4.69, 9.17) is 9.47 Å². The summed E-state index contributed by atoms with van der Waals surface area (Å²) in [4.78, 5) is 4.41. The quantitative estimate of drug-likeness (QED) is 0.237. The van der Waals surface area contributed by atoms with Crippen LogP contribution in [0.15, 0.2) is 23.2 Å². The first-order chi connectivity index (χ1) is 11.6. The van der Waals surface area contributed by atoms with E-state index in [0.29, 0.717) is 38.8 Å². The van der Waals surface area contributed by atoms with E-state index in [9.17, 15) is 8.78 Å².